The molecule has 2 rings (SSSR count). The van der Waals surface area contributed by atoms with Crippen LogP contribution in [0.1, 0.15) is 12.5 Å². The van der Waals surface area contributed by atoms with Crippen LogP contribution in [0.2, 0.25) is 0 Å². The summed E-state index contributed by atoms with van der Waals surface area (Å²) in [4.78, 5) is 11.6. The van der Waals surface area contributed by atoms with Gasteiger partial charge in [-0.25, -0.2) is 4.79 Å². The minimum Gasteiger partial charge on any atom is -0.467 e. The maximum atomic E-state index is 11.6. The van der Waals surface area contributed by atoms with E-state index in [1.54, 1.807) is 6.92 Å². The molecule has 1 saturated heterocycles. The number of carbonyl (C=O) groups excluding carboxylic acids is 1. The molecule has 1 N–H and O–H groups in total. The quantitative estimate of drug-likeness (QED) is 0.820. The molecule has 1 fully saturated rings. The summed E-state index contributed by atoms with van der Waals surface area (Å²) in [6.07, 6.45) is -2.88. The van der Waals surface area contributed by atoms with Gasteiger partial charge in [0.25, 0.3) is 0 Å². The molecule has 1 heterocycles. The maximum Gasteiger partial charge on any atom is 0.337 e. The standard InChI is InChI=1S/C14H18O5/c1-9-11(15)12(13(19-9)14(16)17-2)18-8-10-6-4-3-5-7-10/h3-7,9,11-13,15H,8H2,1-2H3/t9-,11-,12+,13+/m1/s1. The van der Waals surface area contributed by atoms with E-state index in [1.807, 2.05) is 30.3 Å². The van der Waals surface area contributed by atoms with Gasteiger partial charge in [0.05, 0.1) is 19.8 Å². The fraction of sp³-hybridized carbons (Fsp3) is 0.500. The zero-order chi connectivity index (χ0) is 13.8. The topological polar surface area (TPSA) is 65.0 Å². The van der Waals surface area contributed by atoms with Crippen molar-refractivity contribution >= 4 is 5.97 Å². The fourth-order valence-electron chi connectivity index (χ4n) is 2.09. The van der Waals surface area contributed by atoms with Crippen LogP contribution in [0.5, 0.6) is 0 Å². The van der Waals surface area contributed by atoms with Gasteiger partial charge in [0.15, 0.2) is 6.10 Å². The molecule has 1 aromatic rings. The van der Waals surface area contributed by atoms with Crippen LogP contribution in [0.4, 0.5) is 0 Å². The van der Waals surface area contributed by atoms with E-state index >= 15 is 0 Å². The SMILES string of the molecule is COC(=O)[C@H]1O[C@H](C)[C@@H](O)[C@@H]1OCc1ccccc1. The first-order valence-corrected chi connectivity index (χ1v) is 6.20. The molecule has 0 aliphatic carbocycles. The summed E-state index contributed by atoms with van der Waals surface area (Å²) in [7, 11) is 1.29. The molecule has 19 heavy (non-hydrogen) atoms. The number of aliphatic hydroxyl groups excluding tert-OH is 1. The van der Waals surface area contributed by atoms with Crippen LogP contribution in [0.25, 0.3) is 0 Å². The number of hydrogen-bond donors (Lipinski definition) is 1. The number of esters is 1. The summed E-state index contributed by atoms with van der Waals surface area (Å²) in [5.41, 5.74) is 0.970. The van der Waals surface area contributed by atoms with E-state index in [0.717, 1.165) is 5.56 Å². The van der Waals surface area contributed by atoms with Crippen molar-refractivity contribution in [2.75, 3.05) is 7.11 Å². The minimum absolute atomic E-state index is 0.312. The molecule has 4 atom stereocenters. The van der Waals surface area contributed by atoms with Crippen molar-refractivity contribution in [1.29, 1.82) is 0 Å². The summed E-state index contributed by atoms with van der Waals surface area (Å²) in [6.45, 7) is 2.01. The van der Waals surface area contributed by atoms with E-state index in [4.69, 9.17) is 9.47 Å². The Bertz CT molecular complexity index is 419. The number of rotatable bonds is 4. The Morgan fingerprint density at radius 1 is 1.37 bits per heavy atom. The Balaban J connectivity index is 2.01. The maximum absolute atomic E-state index is 11.6. The van der Waals surface area contributed by atoms with E-state index in [2.05, 4.69) is 4.74 Å². The summed E-state index contributed by atoms with van der Waals surface area (Å²) < 4.78 is 15.7. The lowest BCUT2D eigenvalue weighted by Gasteiger charge is -2.19. The minimum atomic E-state index is -0.876. The van der Waals surface area contributed by atoms with Gasteiger partial charge < -0.3 is 19.3 Å². The zero-order valence-corrected chi connectivity index (χ0v) is 11.0. The van der Waals surface area contributed by atoms with Gasteiger partial charge in [-0.3, -0.25) is 0 Å². The second-order valence-corrected chi connectivity index (χ2v) is 4.54. The van der Waals surface area contributed by atoms with Crippen molar-refractivity contribution in [1.82, 2.24) is 0 Å². The van der Waals surface area contributed by atoms with E-state index in [1.165, 1.54) is 7.11 Å². The van der Waals surface area contributed by atoms with Crippen LogP contribution >= 0.6 is 0 Å². The largest absolute Gasteiger partial charge is 0.467 e. The molecule has 5 nitrogen and oxygen atoms in total. The van der Waals surface area contributed by atoms with Crippen molar-refractivity contribution in [3.63, 3.8) is 0 Å². The van der Waals surface area contributed by atoms with Crippen molar-refractivity contribution < 1.29 is 24.1 Å². The number of benzene rings is 1. The van der Waals surface area contributed by atoms with Crippen molar-refractivity contribution in [2.45, 2.75) is 37.9 Å². The van der Waals surface area contributed by atoms with Gasteiger partial charge in [-0.2, -0.15) is 0 Å². The highest BCUT2D eigenvalue weighted by atomic mass is 16.6. The first-order valence-electron chi connectivity index (χ1n) is 6.20. The molecule has 0 saturated carbocycles. The molecule has 104 valence electrons. The third-order valence-electron chi connectivity index (χ3n) is 3.20. The van der Waals surface area contributed by atoms with Gasteiger partial charge in [-0.05, 0) is 12.5 Å². The predicted octanol–water partition coefficient (Wildman–Crippen LogP) is 0.893. The van der Waals surface area contributed by atoms with Gasteiger partial charge in [-0.15, -0.1) is 0 Å². The first-order chi connectivity index (χ1) is 9.13. The molecule has 5 heteroatoms. The van der Waals surface area contributed by atoms with E-state index in [-0.39, 0.29) is 0 Å². The summed E-state index contributed by atoms with van der Waals surface area (Å²) >= 11 is 0. The fourth-order valence-corrected chi connectivity index (χ4v) is 2.09. The van der Waals surface area contributed by atoms with Crippen molar-refractivity contribution in [2.24, 2.45) is 0 Å². The van der Waals surface area contributed by atoms with Gasteiger partial charge in [0.2, 0.25) is 0 Å². The Kier molecular flexibility index (Phi) is 4.52. The van der Waals surface area contributed by atoms with E-state index in [0.29, 0.717) is 6.61 Å². The Morgan fingerprint density at radius 3 is 2.68 bits per heavy atom. The zero-order valence-electron chi connectivity index (χ0n) is 11.0. The monoisotopic (exact) mass is 266 g/mol. The highest BCUT2D eigenvalue weighted by molar-refractivity contribution is 5.76. The third-order valence-corrected chi connectivity index (χ3v) is 3.20. The molecule has 1 aliphatic heterocycles. The average molecular weight is 266 g/mol. The Morgan fingerprint density at radius 2 is 2.05 bits per heavy atom. The highest BCUT2D eigenvalue weighted by Gasteiger charge is 2.46. The molecule has 0 aromatic heterocycles. The molecule has 1 aliphatic rings. The van der Waals surface area contributed by atoms with Crippen molar-refractivity contribution in [3.05, 3.63) is 35.9 Å². The molecule has 1 aromatic carbocycles. The van der Waals surface area contributed by atoms with Crippen LogP contribution in [0, 0.1) is 0 Å². The normalized spacial score (nSPS) is 30.3. The first kappa shape index (κ1) is 14.0. The molecule has 0 radical (unpaired) electrons. The predicted molar refractivity (Wildman–Crippen MR) is 67.4 cm³/mol. The van der Waals surface area contributed by atoms with E-state index in [9.17, 15) is 9.90 Å². The molecule has 0 unspecified atom stereocenters. The van der Waals surface area contributed by atoms with Crippen molar-refractivity contribution in [3.8, 4) is 0 Å². The van der Waals surface area contributed by atoms with Crippen LogP contribution < -0.4 is 0 Å². The summed E-state index contributed by atoms with van der Waals surface area (Å²) in [5, 5.41) is 9.99. The third kappa shape index (κ3) is 3.12. The Labute approximate surface area is 112 Å². The number of aliphatic hydroxyl groups is 1. The van der Waals surface area contributed by atoms with Crippen LogP contribution in [0.3, 0.4) is 0 Å². The number of ether oxygens (including phenoxy) is 3. The number of hydrogen-bond acceptors (Lipinski definition) is 5. The summed E-state index contributed by atoms with van der Waals surface area (Å²) in [5.74, 6) is -0.526. The summed E-state index contributed by atoms with van der Waals surface area (Å²) in [6, 6.07) is 9.55. The molecule has 0 spiro atoms. The molecule has 0 amide bonds. The lowest BCUT2D eigenvalue weighted by molar-refractivity contribution is -0.159. The number of methoxy groups -OCH3 is 1. The average Bonchev–Trinajstić information content (AvgIpc) is 2.73. The highest BCUT2D eigenvalue weighted by Crippen LogP contribution is 2.25. The van der Waals surface area contributed by atoms with Crippen LogP contribution in [-0.4, -0.2) is 42.6 Å². The second-order valence-electron chi connectivity index (χ2n) is 4.54. The lowest BCUT2D eigenvalue weighted by atomic mass is 10.1. The van der Waals surface area contributed by atoms with E-state index < -0.39 is 30.4 Å². The van der Waals surface area contributed by atoms with Gasteiger partial charge in [0.1, 0.15) is 12.2 Å². The molecular weight excluding hydrogens is 248 g/mol. The molecule has 0 bridgehead atoms. The molecular formula is C14H18O5. The number of carbonyl (C=O) groups is 1. The Hall–Kier alpha value is -1.43. The van der Waals surface area contributed by atoms with Crippen LogP contribution in [-0.2, 0) is 25.6 Å². The lowest BCUT2D eigenvalue weighted by Crippen LogP contribution is -2.39. The van der Waals surface area contributed by atoms with Crippen LogP contribution in [0.15, 0.2) is 30.3 Å². The smallest absolute Gasteiger partial charge is 0.337 e. The second kappa shape index (κ2) is 6.14. The van der Waals surface area contributed by atoms with Gasteiger partial charge >= 0.3 is 5.97 Å². The van der Waals surface area contributed by atoms with Gasteiger partial charge in [0, 0.05) is 0 Å². The van der Waals surface area contributed by atoms with Gasteiger partial charge in [-0.1, -0.05) is 30.3 Å².